The number of halogens is 5. The number of hydrogen-bond donors (Lipinski definition) is 0. The van der Waals surface area contributed by atoms with E-state index in [4.69, 9.17) is 23.2 Å². The Morgan fingerprint density at radius 3 is 2.53 bits per heavy atom. The molecule has 0 aliphatic heterocycles. The van der Waals surface area contributed by atoms with Crippen molar-refractivity contribution >= 4 is 89.0 Å². The Labute approximate surface area is 144 Å². The van der Waals surface area contributed by atoms with Crippen LogP contribution in [0.3, 0.4) is 0 Å². The fourth-order valence-corrected chi connectivity index (χ4v) is 4.68. The van der Waals surface area contributed by atoms with E-state index in [-0.39, 0.29) is 5.38 Å². The molecule has 2 aromatic rings. The fourth-order valence-electron chi connectivity index (χ4n) is 1.35. The molecular weight excluding hydrogens is 522 g/mol. The summed E-state index contributed by atoms with van der Waals surface area (Å²) in [4.78, 5) is 1.04. The Balaban J connectivity index is 2.42. The molecule has 0 saturated heterocycles. The lowest BCUT2D eigenvalue weighted by Gasteiger charge is -2.10. The third-order valence-electron chi connectivity index (χ3n) is 2.15. The van der Waals surface area contributed by atoms with Crippen LogP contribution in [0.5, 0.6) is 0 Å². The van der Waals surface area contributed by atoms with Crippen LogP contribution in [0.2, 0.25) is 5.02 Å². The molecule has 0 N–H and O–H groups in total. The first kappa shape index (κ1) is 14.6. The normalized spacial score (nSPS) is 12.8. The molecule has 0 radical (unpaired) electrons. The Bertz CT molecular complexity index is 537. The Hall–Kier alpha value is 1.19. The maximum absolute atomic E-state index is 6.50. The van der Waals surface area contributed by atoms with Crippen molar-refractivity contribution in [1.29, 1.82) is 0 Å². The molecule has 6 heteroatoms. The molecule has 1 aromatic carbocycles. The van der Waals surface area contributed by atoms with Crippen molar-refractivity contribution in [2.75, 3.05) is 0 Å². The van der Waals surface area contributed by atoms with Crippen LogP contribution in [0.25, 0.3) is 0 Å². The van der Waals surface area contributed by atoms with Gasteiger partial charge in [-0.05, 0) is 68.3 Å². The molecule has 0 nitrogen and oxygen atoms in total. The third-order valence-corrected chi connectivity index (χ3v) is 6.76. The van der Waals surface area contributed by atoms with Gasteiger partial charge in [0.1, 0.15) is 0 Å². The van der Waals surface area contributed by atoms with Crippen LogP contribution in [0.1, 0.15) is 15.8 Å². The van der Waals surface area contributed by atoms with E-state index >= 15 is 0 Å². The van der Waals surface area contributed by atoms with Gasteiger partial charge >= 0.3 is 0 Å². The van der Waals surface area contributed by atoms with Gasteiger partial charge in [0.05, 0.1) is 14.2 Å². The summed E-state index contributed by atoms with van der Waals surface area (Å²) < 4.78 is 3.09. The summed E-state index contributed by atoms with van der Waals surface area (Å²) in [6.07, 6.45) is 0. The molecule has 17 heavy (non-hydrogen) atoms. The second kappa shape index (κ2) is 6.09. The molecule has 1 aromatic heterocycles. The minimum absolute atomic E-state index is 0.173. The zero-order chi connectivity index (χ0) is 12.6. The summed E-state index contributed by atoms with van der Waals surface area (Å²) in [6.45, 7) is 0. The van der Waals surface area contributed by atoms with Crippen molar-refractivity contribution in [3.63, 3.8) is 0 Å². The first-order valence-corrected chi connectivity index (χ1v) is 8.82. The third kappa shape index (κ3) is 3.39. The largest absolute Gasteiger partial charge is 0.130 e. The molecule has 1 heterocycles. The predicted octanol–water partition coefficient (Wildman–Crippen LogP) is 6.86. The molecule has 0 spiro atoms. The highest BCUT2D eigenvalue weighted by Gasteiger charge is 2.18. The molecule has 90 valence electrons. The summed E-state index contributed by atoms with van der Waals surface area (Å²) in [5.74, 6) is 0. The number of alkyl halides is 1. The van der Waals surface area contributed by atoms with Gasteiger partial charge in [0.2, 0.25) is 0 Å². The van der Waals surface area contributed by atoms with Gasteiger partial charge in [0.25, 0.3) is 0 Å². The van der Waals surface area contributed by atoms with Gasteiger partial charge < -0.3 is 0 Å². The highest BCUT2D eigenvalue weighted by atomic mass is 127. The van der Waals surface area contributed by atoms with Crippen LogP contribution in [0.15, 0.2) is 32.5 Å². The molecular formula is C11H5Br2Cl2IS. The first-order valence-electron chi connectivity index (χ1n) is 4.53. The van der Waals surface area contributed by atoms with Crippen LogP contribution in [-0.2, 0) is 0 Å². The molecule has 2 rings (SSSR count). The minimum Gasteiger partial charge on any atom is -0.130 e. The van der Waals surface area contributed by atoms with Crippen LogP contribution in [-0.4, -0.2) is 0 Å². The maximum Gasteiger partial charge on any atom is 0.0939 e. The van der Waals surface area contributed by atoms with Gasteiger partial charge in [-0.2, -0.15) is 0 Å². The zero-order valence-corrected chi connectivity index (χ0v) is 15.8. The number of hydrogen-bond acceptors (Lipinski definition) is 1. The predicted molar refractivity (Wildman–Crippen MR) is 91.6 cm³/mol. The second-order valence-corrected chi connectivity index (χ2v) is 8.62. The summed E-state index contributed by atoms with van der Waals surface area (Å²) in [6, 6.07) is 8.00. The van der Waals surface area contributed by atoms with E-state index in [2.05, 4.69) is 54.5 Å². The monoisotopic (exact) mass is 524 g/mol. The zero-order valence-electron chi connectivity index (χ0n) is 8.18. The van der Waals surface area contributed by atoms with Crippen molar-refractivity contribution < 1.29 is 0 Å². The van der Waals surface area contributed by atoms with Gasteiger partial charge in [0.15, 0.2) is 0 Å². The Morgan fingerprint density at radius 1 is 1.24 bits per heavy atom. The molecule has 1 unspecified atom stereocenters. The minimum atomic E-state index is -0.173. The number of rotatable bonds is 2. The summed E-state index contributed by atoms with van der Waals surface area (Å²) in [5, 5.41) is 0.536. The SMILES string of the molecule is Clc1cc(C(Cl)c2cc(Br)ccc2I)sc1Br. The lowest BCUT2D eigenvalue weighted by molar-refractivity contribution is 1.16. The van der Waals surface area contributed by atoms with Gasteiger partial charge in [-0.3, -0.25) is 0 Å². The summed E-state index contributed by atoms with van der Waals surface area (Å²) in [7, 11) is 0. The lowest BCUT2D eigenvalue weighted by atomic mass is 10.1. The Morgan fingerprint density at radius 2 is 1.94 bits per heavy atom. The van der Waals surface area contributed by atoms with E-state index in [1.807, 2.05) is 24.3 Å². The van der Waals surface area contributed by atoms with E-state index in [0.29, 0.717) is 5.02 Å². The van der Waals surface area contributed by atoms with Crippen molar-refractivity contribution in [2.24, 2.45) is 0 Å². The van der Waals surface area contributed by atoms with Gasteiger partial charge in [0, 0.05) is 12.9 Å². The van der Waals surface area contributed by atoms with Gasteiger partial charge in [-0.15, -0.1) is 22.9 Å². The maximum atomic E-state index is 6.50. The van der Waals surface area contributed by atoms with Gasteiger partial charge in [-0.1, -0.05) is 27.5 Å². The number of benzene rings is 1. The highest BCUT2D eigenvalue weighted by Crippen LogP contribution is 2.41. The van der Waals surface area contributed by atoms with Crippen LogP contribution in [0, 0.1) is 3.57 Å². The smallest absolute Gasteiger partial charge is 0.0939 e. The molecule has 0 fully saturated rings. The van der Waals surface area contributed by atoms with Crippen molar-refractivity contribution in [3.05, 3.63) is 51.6 Å². The average molecular weight is 527 g/mol. The Kier molecular flexibility index (Phi) is 5.23. The standard InChI is InChI=1S/C11H5Br2Cl2IS/c12-5-1-2-8(16)6(3-5)10(15)9-4-7(14)11(13)17-9/h1-4,10H. The fraction of sp³-hybridized carbons (Fsp3) is 0.0909. The van der Waals surface area contributed by atoms with Crippen LogP contribution >= 0.6 is 89.0 Å². The average Bonchev–Trinajstić information content (AvgIpc) is 2.62. The number of thiophene rings is 1. The van der Waals surface area contributed by atoms with E-state index in [1.165, 1.54) is 0 Å². The van der Waals surface area contributed by atoms with Crippen molar-refractivity contribution in [2.45, 2.75) is 5.38 Å². The van der Waals surface area contributed by atoms with Crippen LogP contribution in [0.4, 0.5) is 0 Å². The van der Waals surface area contributed by atoms with E-state index < -0.39 is 0 Å². The molecule has 0 aliphatic carbocycles. The second-order valence-electron chi connectivity index (χ2n) is 3.30. The van der Waals surface area contributed by atoms with Crippen molar-refractivity contribution in [1.82, 2.24) is 0 Å². The quantitative estimate of drug-likeness (QED) is 0.296. The molecule has 1 atom stereocenters. The first-order chi connectivity index (χ1) is 7.99. The highest BCUT2D eigenvalue weighted by molar-refractivity contribution is 14.1. The van der Waals surface area contributed by atoms with E-state index in [0.717, 1.165) is 22.3 Å². The molecule has 0 bridgehead atoms. The van der Waals surface area contributed by atoms with Crippen LogP contribution < -0.4 is 0 Å². The lowest BCUT2D eigenvalue weighted by Crippen LogP contribution is -1.93. The van der Waals surface area contributed by atoms with E-state index in [9.17, 15) is 0 Å². The summed E-state index contributed by atoms with van der Waals surface area (Å²) in [5.41, 5.74) is 1.09. The molecule has 0 amide bonds. The molecule has 0 aliphatic rings. The summed E-state index contributed by atoms with van der Waals surface area (Å²) >= 11 is 23.2. The van der Waals surface area contributed by atoms with Crippen molar-refractivity contribution in [3.8, 4) is 0 Å². The van der Waals surface area contributed by atoms with E-state index in [1.54, 1.807) is 11.3 Å². The molecule has 0 saturated carbocycles. The topological polar surface area (TPSA) is 0 Å². The van der Waals surface area contributed by atoms with Gasteiger partial charge in [-0.25, -0.2) is 0 Å².